The van der Waals surface area contributed by atoms with Crippen LogP contribution < -0.4 is 5.32 Å². The number of rotatable bonds is 5. The Kier molecular flexibility index (Phi) is 5.97. The molecule has 1 aliphatic rings. The molecule has 0 aliphatic carbocycles. The van der Waals surface area contributed by atoms with E-state index in [1.165, 1.54) is 5.56 Å². The molecular formula is C25H23ClN6O. The summed E-state index contributed by atoms with van der Waals surface area (Å²) < 4.78 is 7.29. The quantitative estimate of drug-likeness (QED) is 0.451. The van der Waals surface area contributed by atoms with E-state index in [4.69, 9.17) is 22.8 Å². The van der Waals surface area contributed by atoms with Gasteiger partial charge in [-0.05, 0) is 41.5 Å². The highest BCUT2D eigenvalue weighted by atomic mass is 35.5. The van der Waals surface area contributed by atoms with Gasteiger partial charge in [-0.25, -0.2) is 9.97 Å². The molecule has 5 rings (SSSR count). The molecule has 0 saturated carbocycles. The topological polar surface area (TPSA) is 68.1 Å². The van der Waals surface area contributed by atoms with Crippen molar-refractivity contribution < 1.29 is 4.74 Å². The van der Waals surface area contributed by atoms with Gasteiger partial charge in [0.05, 0.1) is 29.9 Å². The van der Waals surface area contributed by atoms with Crippen LogP contribution in [0.5, 0.6) is 0 Å². The Hall–Kier alpha value is -3.44. The van der Waals surface area contributed by atoms with Crippen LogP contribution in [0.2, 0.25) is 5.02 Å². The van der Waals surface area contributed by atoms with Gasteiger partial charge in [0.2, 0.25) is 5.95 Å². The summed E-state index contributed by atoms with van der Waals surface area (Å²) in [4.78, 5) is 11.5. The number of hydrogen-bond acceptors (Lipinski definition) is 6. The Morgan fingerprint density at radius 3 is 2.73 bits per heavy atom. The molecule has 4 aromatic rings. The minimum absolute atomic E-state index is 0.471. The lowest BCUT2D eigenvalue weighted by Gasteiger charge is -2.27. The van der Waals surface area contributed by atoms with Gasteiger partial charge < -0.3 is 10.1 Å². The van der Waals surface area contributed by atoms with Gasteiger partial charge in [0.1, 0.15) is 0 Å². The Morgan fingerprint density at radius 1 is 1.12 bits per heavy atom. The number of morpholine rings is 1. The average Bonchev–Trinajstić information content (AvgIpc) is 3.26. The largest absolute Gasteiger partial charge is 0.379 e. The van der Waals surface area contributed by atoms with Crippen molar-refractivity contribution in [2.45, 2.75) is 6.54 Å². The minimum Gasteiger partial charge on any atom is -0.379 e. The third-order valence-corrected chi connectivity index (χ3v) is 5.89. The second-order valence-electron chi connectivity index (χ2n) is 8.07. The van der Waals surface area contributed by atoms with Gasteiger partial charge in [-0.1, -0.05) is 17.5 Å². The van der Waals surface area contributed by atoms with Crippen LogP contribution >= 0.6 is 11.6 Å². The van der Waals surface area contributed by atoms with E-state index in [2.05, 4.69) is 49.4 Å². The lowest BCUT2D eigenvalue weighted by atomic mass is 10.0. The van der Waals surface area contributed by atoms with Crippen molar-refractivity contribution in [1.82, 2.24) is 24.6 Å². The van der Waals surface area contributed by atoms with E-state index in [9.17, 15) is 0 Å². The molecule has 2 aromatic carbocycles. The van der Waals surface area contributed by atoms with Crippen molar-refractivity contribution in [2.24, 2.45) is 7.05 Å². The van der Waals surface area contributed by atoms with E-state index < -0.39 is 0 Å². The Morgan fingerprint density at radius 2 is 1.97 bits per heavy atom. The molecule has 0 unspecified atom stereocenters. The molecule has 166 valence electrons. The number of aromatic nitrogens is 4. The maximum atomic E-state index is 6.42. The number of terminal acetylenes is 1. The van der Waals surface area contributed by atoms with Crippen LogP contribution in [0.3, 0.4) is 0 Å². The number of halogens is 1. The summed E-state index contributed by atoms with van der Waals surface area (Å²) in [5.41, 5.74) is 5.58. The number of aryl methyl sites for hydroxylation is 1. The molecule has 1 fully saturated rings. The molecule has 1 aliphatic heterocycles. The molecule has 3 heterocycles. The summed E-state index contributed by atoms with van der Waals surface area (Å²) in [6.07, 6.45) is 11.1. The summed E-state index contributed by atoms with van der Waals surface area (Å²) in [7, 11) is 1.92. The first-order chi connectivity index (χ1) is 16.1. The molecule has 2 aromatic heterocycles. The van der Waals surface area contributed by atoms with Crippen LogP contribution in [0.1, 0.15) is 11.1 Å². The molecule has 0 spiro atoms. The predicted molar refractivity (Wildman–Crippen MR) is 131 cm³/mol. The van der Waals surface area contributed by atoms with Gasteiger partial charge in [0.15, 0.2) is 0 Å². The zero-order valence-electron chi connectivity index (χ0n) is 18.3. The van der Waals surface area contributed by atoms with Gasteiger partial charge >= 0.3 is 0 Å². The van der Waals surface area contributed by atoms with Crippen molar-refractivity contribution in [2.75, 3.05) is 31.6 Å². The smallest absolute Gasteiger partial charge is 0.227 e. The molecule has 8 heteroatoms. The van der Waals surface area contributed by atoms with Gasteiger partial charge in [0, 0.05) is 61.3 Å². The number of fused-ring (bicyclic) bond motifs is 1. The lowest BCUT2D eigenvalue weighted by molar-refractivity contribution is 0.0342. The van der Waals surface area contributed by atoms with Crippen LogP contribution in [0.4, 0.5) is 11.6 Å². The normalized spacial score (nSPS) is 14.3. The number of nitrogens with zero attached hydrogens (tertiary/aromatic N) is 5. The SMILES string of the molecule is C#Cc1cc(Cl)c2nc(Nc3cc(CN4CCOCC4)cc(-c4cnn(C)c4)c3)ncc2c1. The highest BCUT2D eigenvalue weighted by molar-refractivity contribution is 6.35. The zero-order valence-corrected chi connectivity index (χ0v) is 19.0. The van der Waals surface area contributed by atoms with Crippen LogP contribution in [0, 0.1) is 12.3 Å². The molecule has 0 atom stereocenters. The van der Waals surface area contributed by atoms with E-state index in [0.717, 1.165) is 55.0 Å². The number of anilines is 2. The first-order valence-electron chi connectivity index (χ1n) is 10.7. The van der Waals surface area contributed by atoms with Crippen molar-refractivity contribution in [3.63, 3.8) is 0 Å². The summed E-state index contributed by atoms with van der Waals surface area (Å²) in [6.45, 7) is 4.21. The highest BCUT2D eigenvalue weighted by Crippen LogP contribution is 2.28. The van der Waals surface area contributed by atoms with Gasteiger partial charge in [-0.2, -0.15) is 5.10 Å². The first kappa shape index (κ1) is 21.4. The maximum absolute atomic E-state index is 6.42. The van der Waals surface area contributed by atoms with Crippen molar-refractivity contribution in [3.8, 4) is 23.5 Å². The third-order valence-electron chi connectivity index (χ3n) is 5.60. The van der Waals surface area contributed by atoms with Crippen molar-refractivity contribution >= 4 is 34.1 Å². The summed E-state index contributed by atoms with van der Waals surface area (Å²) >= 11 is 6.42. The van der Waals surface area contributed by atoms with Crippen LogP contribution in [-0.4, -0.2) is 51.0 Å². The fourth-order valence-corrected chi connectivity index (χ4v) is 4.25. The van der Waals surface area contributed by atoms with Crippen molar-refractivity contribution in [3.05, 3.63) is 65.1 Å². The Balaban J connectivity index is 1.49. The fourth-order valence-electron chi connectivity index (χ4n) is 3.98. The lowest BCUT2D eigenvalue weighted by Crippen LogP contribution is -2.35. The van der Waals surface area contributed by atoms with Crippen LogP contribution in [0.15, 0.2) is 48.9 Å². The van der Waals surface area contributed by atoms with Crippen LogP contribution in [0.25, 0.3) is 22.0 Å². The average molecular weight is 459 g/mol. The minimum atomic E-state index is 0.471. The van der Waals surface area contributed by atoms with Crippen LogP contribution in [-0.2, 0) is 18.3 Å². The third kappa shape index (κ3) is 4.83. The van der Waals surface area contributed by atoms with E-state index in [0.29, 0.717) is 22.1 Å². The van der Waals surface area contributed by atoms with Crippen molar-refractivity contribution in [1.29, 1.82) is 0 Å². The van der Waals surface area contributed by atoms with E-state index in [-0.39, 0.29) is 0 Å². The Labute approximate surface area is 197 Å². The summed E-state index contributed by atoms with van der Waals surface area (Å²) in [5, 5.41) is 8.99. The molecule has 1 N–H and O–H groups in total. The molecule has 0 radical (unpaired) electrons. The van der Waals surface area contributed by atoms with E-state index in [1.807, 2.05) is 25.5 Å². The van der Waals surface area contributed by atoms with E-state index >= 15 is 0 Å². The predicted octanol–water partition coefficient (Wildman–Crippen LogP) is 4.24. The molecule has 0 bridgehead atoms. The molecule has 33 heavy (non-hydrogen) atoms. The van der Waals surface area contributed by atoms with E-state index in [1.54, 1.807) is 16.9 Å². The standard InChI is InChI=1S/C25H23ClN6O/c1-3-17-8-20-13-27-25(30-24(20)23(26)11-17)29-22-10-18(15-32-4-6-33-7-5-32)9-19(12-22)21-14-28-31(2)16-21/h1,8-14,16H,4-7,15H2,2H3,(H,27,29,30). The number of hydrogen-bond donors (Lipinski definition) is 1. The van der Waals surface area contributed by atoms with Gasteiger partial charge in [0.25, 0.3) is 0 Å². The zero-order chi connectivity index (χ0) is 22.8. The molecule has 0 amide bonds. The fraction of sp³-hybridized carbons (Fsp3) is 0.240. The number of nitrogens with one attached hydrogen (secondary N) is 1. The molecule has 1 saturated heterocycles. The second-order valence-corrected chi connectivity index (χ2v) is 8.48. The number of ether oxygens (including phenoxy) is 1. The maximum Gasteiger partial charge on any atom is 0.227 e. The highest BCUT2D eigenvalue weighted by Gasteiger charge is 2.14. The Bertz CT molecular complexity index is 1350. The van der Waals surface area contributed by atoms with Gasteiger partial charge in [-0.15, -0.1) is 6.42 Å². The molecular weight excluding hydrogens is 436 g/mol. The first-order valence-corrected chi connectivity index (χ1v) is 11.1. The van der Waals surface area contributed by atoms with Gasteiger partial charge in [-0.3, -0.25) is 9.58 Å². The monoisotopic (exact) mass is 458 g/mol. The summed E-state index contributed by atoms with van der Waals surface area (Å²) in [6, 6.07) is 10.0. The number of benzene rings is 2. The molecule has 7 nitrogen and oxygen atoms in total. The second kappa shape index (κ2) is 9.20. The summed E-state index contributed by atoms with van der Waals surface area (Å²) in [5.74, 6) is 3.07.